The lowest BCUT2D eigenvalue weighted by Crippen LogP contribution is -2.51. The summed E-state index contributed by atoms with van der Waals surface area (Å²) in [7, 11) is 0. The van der Waals surface area contributed by atoms with Crippen LogP contribution in [-0.4, -0.2) is 36.5 Å². The fraction of sp³-hybridized carbons (Fsp3) is 0.533. The van der Waals surface area contributed by atoms with Crippen LogP contribution < -0.4 is 10.6 Å². The highest BCUT2D eigenvalue weighted by molar-refractivity contribution is 9.10. The van der Waals surface area contributed by atoms with Crippen LogP contribution >= 0.6 is 15.9 Å². The molecule has 2 saturated heterocycles. The summed E-state index contributed by atoms with van der Waals surface area (Å²) in [5.74, 6) is 0.317. The average molecular weight is 338 g/mol. The molecule has 2 fully saturated rings. The summed E-state index contributed by atoms with van der Waals surface area (Å²) in [6.07, 6.45) is 1.69. The minimum absolute atomic E-state index is 0.00531. The van der Waals surface area contributed by atoms with E-state index in [-0.39, 0.29) is 6.04 Å². The second-order valence-corrected chi connectivity index (χ2v) is 6.63. The first-order valence-electron chi connectivity index (χ1n) is 7.15. The number of halogens is 1. The summed E-state index contributed by atoms with van der Waals surface area (Å²) < 4.78 is 1.06. The molecule has 0 bridgehead atoms. The molecule has 0 aromatic heterocycles. The van der Waals surface area contributed by atoms with Crippen LogP contribution in [0.25, 0.3) is 0 Å². The molecule has 2 aliphatic heterocycles. The van der Waals surface area contributed by atoms with Crippen molar-refractivity contribution in [3.05, 3.63) is 28.2 Å². The molecule has 1 aromatic carbocycles. The molecule has 2 heterocycles. The number of carbonyl (C=O) groups is 1. The quantitative estimate of drug-likeness (QED) is 0.900. The van der Waals surface area contributed by atoms with Crippen molar-refractivity contribution in [2.75, 3.05) is 24.5 Å². The molecule has 1 amide bonds. The summed E-state index contributed by atoms with van der Waals surface area (Å²) in [6.45, 7) is 4.66. The van der Waals surface area contributed by atoms with Crippen molar-refractivity contribution in [2.45, 2.75) is 31.8 Å². The SMILES string of the molecule is CC(N)c1cc(Br)ccc1N1CCN2C(=O)CCC2C1. The Balaban J connectivity index is 1.85. The topological polar surface area (TPSA) is 49.6 Å². The van der Waals surface area contributed by atoms with Gasteiger partial charge in [-0.3, -0.25) is 4.79 Å². The van der Waals surface area contributed by atoms with E-state index < -0.39 is 0 Å². The minimum atomic E-state index is 0.00531. The van der Waals surface area contributed by atoms with Gasteiger partial charge in [0.2, 0.25) is 5.91 Å². The number of benzene rings is 1. The first-order valence-corrected chi connectivity index (χ1v) is 7.95. The smallest absolute Gasteiger partial charge is 0.223 e. The normalized spacial score (nSPS) is 23.9. The van der Waals surface area contributed by atoms with Crippen molar-refractivity contribution >= 4 is 27.5 Å². The Bertz CT molecular complexity index is 532. The lowest BCUT2D eigenvalue weighted by atomic mass is 10.0. The number of nitrogens with zero attached hydrogens (tertiary/aromatic N) is 2. The molecule has 1 aromatic rings. The Kier molecular flexibility index (Phi) is 3.73. The Morgan fingerprint density at radius 1 is 1.40 bits per heavy atom. The summed E-state index contributed by atoms with van der Waals surface area (Å²) in [4.78, 5) is 16.2. The van der Waals surface area contributed by atoms with Gasteiger partial charge >= 0.3 is 0 Å². The lowest BCUT2D eigenvalue weighted by Gasteiger charge is -2.40. The molecule has 0 aliphatic carbocycles. The largest absolute Gasteiger partial charge is 0.367 e. The summed E-state index contributed by atoms with van der Waals surface area (Å²) >= 11 is 3.51. The summed E-state index contributed by atoms with van der Waals surface area (Å²) in [5, 5.41) is 0. The van der Waals surface area contributed by atoms with Crippen LogP contribution in [0.15, 0.2) is 22.7 Å². The van der Waals surface area contributed by atoms with E-state index in [2.05, 4.69) is 39.0 Å². The second kappa shape index (κ2) is 5.37. The van der Waals surface area contributed by atoms with E-state index in [0.29, 0.717) is 18.4 Å². The fourth-order valence-corrected chi connectivity index (χ4v) is 3.64. The van der Waals surface area contributed by atoms with Gasteiger partial charge in [-0.15, -0.1) is 0 Å². The third-order valence-electron chi connectivity index (χ3n) is 4.32. The third kappa shape index (κ3) is 2.44. The van der Waals surface area contributed by atoms with Crippen molar-refractivity contribution < 1.29 is 4.79 Å². The van der Waals surface area contributed by atoms with Crippen molar-refractivity contribution in [1.29, 1.82) is 0 Å². The number of hydrogen-bond donors (Lipinski definition) is 1. The Morgan fingerprint density at radius 2 is 2.20 bits per heavy atom. The molecule has 0 saturated carbocycles. The number of fused-ring (bicyclic) bond motifs is 1. The van der Waals surface area contributed by atoms with Gasteiger partial charge in [0.05, 0.1) is 0 Å². The number of anilines is 1. The molecule has 2 N–H and O–H groups in total. The molecule has 108 valence electrons. The fourth-order valence-electron chi connectivity index (χ4n) is 3.26. The molecule has 0 radical (unpaired) electrons. The lowest BCUT2D eigenvalue weighted by molar-refractivity contribution is -0.129. The molecule has 5 heteroatoms. The number of carbonyl (C=O) groups excluding carboxylic acids is 1. The Morgan fingerprint density at radius 3 is 2.95 bits per heavy atom. The maximum Gasteiger partial charge on any atom is 0.223 e. The van der Waals surface area contributed by atoms with Gasteiger partial charge < -0.3 is 15.5 Å². The number of piperazine rings is 1. The maximum atomic E-state index is 11.8. The van der Waals surface area contributed by atoms with Gasteiger partial charge in [-0.2, -0.15) is 0 Å². The Labute approximate surface area is 128 Å². The van der Waals surface area contributed by atoms with Crippen LogP contribution in [0.4, 0.5) is 5.69 Å². The Hall–Kier alpha value is -1.07. The molecular weight excluding hydrogens is 318 g/mol. The molecule has 3 rings (SSSR count). The monoisotopic (exact) mass is 337 g/mol. The van der Waals surface area contributed by atoms with E-state index in [0.717, 1.165) is 36.1 Å². The zero-order chi connectivity index (χ0) is 14.3. The van der Waals surface area contributed by atoms with Gasteiger partial charge in [-0.1, -0.05) is 15.9 Å². The third-order valence-corrected chi connectivity index (χ3v) is 4.81. The molecule has 2 atom stereocenters. The first kappa shape index (κ1) is 13.9. The van der Waals surface area contributed by atoms with Gasteiger partial charge in [-0.05, 0) is 37.1 Å². The zero-order valence-corrected chi connectivity index (χ0v) is 13.3. The number of nitrogens with two attached hydrogens (primary N) is 1. The van der Waals surface area contributed by atoms with E-state index in [1.165, 1.54) is 5.69 Å². The highest BCUT2D eigenvalue weighted by Crippen LogP contribution is 2.32. The van der Waals surface area contributed by atoms with E-state index in [1.54, 1.807) is 0 Å². The van der Waals surface area contributed by atoms with Crippen molar-refractivity contribution in [1.82, 2.24) is 4.90 Å². The molecule has 4 nitrogen and oxygen atoms in total. The second-order valence-electron chi connectivity index (χ2n) is 5.72. The zero-order valence-electron chi connectivity index (χ0n) is 11.7. The van der Waals surface area contributed by atoms with Crippen molar-refractivity contribution in [2.24, 2.45) is 5.73 Å². The summed E-state index contributed by atoms with van der Waals surface area (Å²) in [5.41, 5.74) is 8.48. The van der Waals surface area contributed by atoms with Gasteiger partial charge in [0, 0.05) is 48.3 Å². The van der Waals surface area contributed by atoms with Crippen LogP contribution in [0.5, 0.6) is 0 Å². The van der Waals surface area contributed by atoms with Gasteiger partial charge in [0.15, 0.2) is 0 Å². The van der Waals surface area contributed by atoms with Crippen LogP contribution in [0.2, 0.25) is 0 Å². The van der Waals surface area contributed by atoms with E-state index in [4.69, 9.17) is 5.73 Å². The van der Waals surface area contributed by atoms with Crippen LogP contribution in [0.1, 0.15) is 31.4 Å². The molecule has 20 heavy (non-hydrogen) atoms. The first-order chi connectivity index (χ1) is 9.56. The van der Waals surface area contributed by atoms with Crippen LogP contribution in [0.3, 0.4) is 0 Å². The average Bonchev–Trinajstić information content (AvgIpc) is 2.80. The highest BCUT2D eigenvalue weighted by Gasteiger charge is 2.36. The highest BCUT2D eigenvalue weighted by atomic mass is 79.9. The van der Waals surface area contributed by atoms with Gasteiger partial charge in [-0.25, -0.2) is 0 Å². The number of amides is 1. The molecule has 2 unspecified atom stereocenters. The maximum absolute atomic E-state index is 11.8. The summed E-state index contributed by atoms with van der Waals surface area (Å²) in [6, 6.07) is 6.68. The predicted molar refractivity (Wildman–Crippen MR) is 83.7 cm³/mol. The van der Waals surface area contributed by atoms with E-state index in [9.17, 15) is 4.79 Å². The van der Waals surface area contributed by atoms with Crippen molar-refractivity contribution in [3.8, 4) is 0 Å². The minimum Gasteiger partial charge on any atom is -0.367 e. The molecule has 0 spiro atoms. The standard InChI is InChI=1S/C15H20BrN3O/c1-10(17)13-8-11(16)2-4-14(13)18-6-7-19-12(9-18)3-5-15(19)20/h2,4,8,10,12H,3,5-7,9,17H2,1H3. The van der Waals surface area contributed by atoms with Gasteiger partial charge in [0.25, 0.3) is 0 Å². The molecular formula is C15H20BrN3O. The van der Waals surface area contributed by atoms with Crippen molar-refractivity contribution in [3.63, 3.8) is 0 Å². The van der Waals surface area contributed by atoms with Gasteiger partial charge in [0.1, 0.15) is 0 Å². The van der Waals surface area contributed by atoms with E-state index >= 15 is 0 Å². The number of hydrogen-bond acceptors (Lipinski definition) is 3. The molecule has 2 aliphatic rings. The van der Waals surface area contributed by atoms with Crippen LogP contribution in [-0.2, 0) is 4.79 Å². The predicted octanol–water partition coefficient (Wildman–Crippen LogP) is 2.28. The van der Waals surface area contributed by atoms with Crippen LogP contribution in [0, 0.1) is 0 Å². The number of rotatable bonds is 2. The van der Waals surface area contributed by atoms with E-state index in [1.807, 2.05) is 11.8 Å².